The lowest BCUT2D eigenvalue weighted by Crippen LogP contribution is -2.53. The van der Waals surface area contributed by atoms with Gasteiger partial charge in [0.2, 0.25) is 11.8 Å². The Labute approximate surface area is 261 Å². The minimum Gasteiger partial charge on any atom is -0.496 e. The van der Waals surface area contributed by atoms with Crippen molar-refractivity contribution in [1.29, 1.82) is 0 Å². The first-order valence-electron chi connectivity index (χ1n) is 14.9. The molecule has 2 aromatic carbocycles. The lowest BCUT2D eigenvalue weighted by Gasteiger charge is -2.25. The van der Waals surface area contributed by atoms with Crippen molar-refractivity contribution in [2.45, 2.75) is 51.8 Å². The zero-order chi connectivity index (χ0) is 32.5. The van der Waals surface area contributed by atoms with E-state index in [-0.39, 0.29) is 42.5 Å². The fourth-order valence-corrected chi connectivity index (χ4v) is 5.38. The van der Waals surface area contributed by atoms with Gasteiger partial charge in [-0.15, -0.1) is 0 Å². The van der Waals surface area contributed by atoms with E-state index in [0.717, 1.165) is 5.39 Å². The van der Waals surface area contributed by atoms with Crippen LogP contribution in [0.1, 0.15) is 59.5 Å². The Morgan fingerprint density at radius 3 is 2.47 bits per heavy atom. The topological polar surface area (TPSA) is 165 Å². The van der Waals surface area contributed by atoms with Crippen molar-refractivity contribution in [2.24, 2.45) is 11.8 Å². The summed E-state index contributed by atoms with van der Waals surface area (Å²) in [5.41, 5.74) is 1.80. The third-order valence-corrected chi connectivity index (χ3v) is 7.69. The Kier molecular flexibility index (Phi) is 11.3. The molecular weight excluding hydrogens is 580 g/mol. The van der Waals surface area contributed by atoms with Gasteiger partial charge >= 0.3 is 5.97 Å². The van der Waals surface area contributed by atoms with E-state index in [0.29, 0.717) is 29.8 Å². The molecule has 3 atom stereocenters. The molecule has 45 heavy (non-hydrogen) atoms. The van der Waals surface area contributed by atoms with Gasteiger partial charge in [0.25, 0.3) is 5.91 Å². The summed E-state index contributed by atoms with van der Waals surface area (Å²) >= 11 is 0. The minimum atomic E-state index is -1.13. The largest absolute Gasteiger partial charge is 0.496 e. The average Bonchev–Trinajstić information content (AvgIpc) is 3.65. The van der Waals surface area contributed by atoms with Crippen LogP contribution in [0.15, 0.2) is 48.5 Å². The van der Waals surface area contributed by atoms with E-state index in [2.05, 4.69) is 20.9 Å². The molecule has 4 N–H and O–H groups in total. The van der Waals surface area contributed by atoms with E-state index in [1.807, 2.05) is 19.9 Å². The Bertz CT molecular complexity index is 1550. The number of carbonyl (C=O) groups is 5. The van der Waals surface area contributed by atoms with Crippen molar-refractivity contribution < 1.29 is 38.2 Å². The molecule has 3 aromatic rings. The molecule has 1 fully saturated rings. The van der Waals surface area contributed by atoms with Gasteiger partial charge in [0.1, 0.15) is 17.5 Å². The SMILES string of the molecule is COCc1ccccc1C(=O)OCC(=O)[C@H](C[C@@H]1CCNC1=O)NC(=O)[C@H](CC(C)C)NC(=O)c1cc2c(OC)cccc2[nH]1. The third-order valence-electron chi connectivity index (χ3n) is 7.69. The zero-order valence-electron chi connectivity index (χ0n) is 25.9. The van der Waals surface area contributed by atoms with E-state index in [9.17, 15) is 24.0 Å². The zero-order valence-corrected chi connectivity index (χ0v) is 25.9. The summed E-state index contributed by atoms with van der Waals surface area (Å²) in [6.45, 7) is 3.85. The fourth-order valence-electron chi connectivity index (χ4n) is 5.38. The summed E-state index contributed by atoms with van der Waals surface area (Å²) in [5.74, 6) is -2.47. The first-order valence-corrected chi connectivity index (χ1v) is 14.9. The number of rotatable bonds is 15. The lowest BCUT2D eigenvalue weighted by atomic mass is 9.95. The molecule has 0 bridgehead atoms. The fraction of sp³-hybridized carbons (Fsp3) is 0.424. The maximum absolute atomic E-state index is 13.6. The van der Waals surface area contributed by atoms with Gasteiger partial charge in [-0.25, -0.2) is 4.79 Å². The maximum atomic E-state index is 13.6. The van der Waals surface area contributed by atoms with Gasteiger partial charge in [-0.05, 0) is 55.0 Å². The highest BCUT2D eigenvalue weighted by Gasteiger charge is 2.34. The Hall–Kier alpha value is -4.71. The highest BCUT2D eigenvalue weighted by Crippen LogP contribution is 2.26. The molecule has 2 heterocycles. The predicted octanol–water partition coefficient (Wildman–Crippen LogP) is 2.90. The quantitative estimate of drug-likeness (QED) is 0.188. The van der Waals surface area contributed by atoms with Gasteiger partial charge < -0.3 is 35.1 Å². The second-order valence-electron chi connectivity index (χ2n) is 11.5. The van der Waals surface area contributed by atoms with Crippen LogP contribution in [0.4, 0.5) is 0 Å². The Balaban J connectivity index is 1.49. The van der Waals surface area contributed by atoms with E-state index < -0.39 is 48.2 Å². The van der Waals surface area contributed by atoms with Gasteiger partial charge in [-0.3, -0.25) is 19.2 Å². The first kappa shape index (κ1) is 33.2. The number of H-pyrrole nitrogens is 1. The van der Waals surface area contributed by atoms with Crippen molar-refractivity contribution in [1.82, 2.24) is 20.9 Å². The number of amides is 3. The summed E-state index contributed by atoms with van der Waals surface area (Å²) in [6, 6.07) is 11.7. The molecular formula is C33H40N4O8. The van der Waals surface area contributed by atoms with Crippen molar-refractivity contribution in [3.05, 3.63) is 65.4 Å². The molecule has 12 nitrogen and oxygen atoms in total. The lowest BCUT2D eigenvalue weighted by molar-refractivity contribution is -0.131. The van der Waals surface area contributed by atoms with Crippen molar-refractivity contribution in [3.8, 4) is 5.75 Å². The predicted molar refractivity (Wildman–Crippen MR) is 166 cm³/mol. The number of aromatic nitrogens is 1. The highest BCUT2D eigenvalue weighted by atomic mass is 16.5. The number of benzene rings is 2. The van der Waals surface area contributed by atoms with Crippen LogP contribution in [0.3, 0.4) is 0 Å². The van der Waals surface area contributed by atoms with E-state index in [4.69, 9.17) is 14.2 Å². The monoisotopic (exact) mass is 620 g/mol. The number of Topliss-reactive ketones (excluding diaryl/α,β-unsaturated/α-hetero) is 1. The number of nitrogens with one attached hydrogen (secondary N) is 4. The second-order valence-corrected chi connectivity index (χ2v) is 11.5. The number of ketones is 1. The standard InChI is InChI=1S/C33H40N4O8/c1-19(2)14-26(37-32(41)27-16-23-24(35-27)10-7-11-29(23)44-4)31(40)36-25(15-20-12-13-34-30(20)39)28(38)18-45-33(42)22-9-6-5-8-21(22)17-43-3/h5-11,16,19-20,25-26,35H,12-15,17-18H2,1-4H3,(H,34,39)(H,36,40)(H,37,41)/t20-,25-,26-/m0/s1. The maximum Gasteiger partial charge on any atom is 0.338 e. The third kappa shape index (κ3) is 8.48. The number of ether oxygens (including phenoxy) is 3. The van der Waals surface area contributed by atoms with E-state index >= 15 is 0 Å². The number of esters is 1. The summed E-state index contributed by atoms with van der Waals surface area (Å²) in [5, 5.41) is 8.99. The van der Waals surface area contributed by atoms with Crippen molar-refractivity contribution in [3.63, 3.8) is 0 Å². The number of fused-ring (bicyclic) bond motifs is 1. The van der Waals surface area contributed by atoms with Crippen LogP contribution in [-0.4, -0.2) is 73.9 Å². The summed E-state index contributed by atoms with van der Waals surface area (Å²) in [6.07, 6.45) is 0.814. The molecule has 0 radical (unpaired) electrons. The van der Waals surface area contributed by atoms with Crippen LogP contribution < -0.4 is 20.7 Å². The van der Waals surface area contributed by atoms with Gasteiger partial charge in [0.15, 0.2) is 12.4 Å². The molecule has 240 valence electrons. The van der Waals surface area contributed by atoms with Crippen molar-refractivity contribution >= 4 is 40.4 Å². The smallest absolute Gasteiger partial charge is 0.338 e. The van der Waals surface area contributed by atoms with Crippen LogP contribution >= 0.6 is 0 Å². The number of aromatic amines is 1. The molecule has 4 rings (SSSR count). The van der Waals surface area contributed by atoms with E-state index in [1.54, 1.807) is 49.6 Å². The summed E-state index contributed by atoms with van der Waals surface area (Å²) in [4.78, 5) is 68.6. The molecule has 3 amide bonds. The molecule has 1 aliphatic rings. The molecule has 0 aliphatic carbocycles. The van der Waals surface area contributed by atoms with Crippen LogP contribution in [-0.2, 0) is 30.5 Å². The molecule has 0 unspecified atom stereocenters. The first-order chi connectivity index (χ1) is 21.6. The number of hydrogen-bond acceptors (Lipinski definition) is 8. The molecule has 12 heteroatoms. The van der Waals surface area contributed by atoms with Crippen LogP contribution in [0, 0.1) is 11.8 Å². The summed E-state index contributed by atoms with van der Waals surface area (Å²) in [7, 11) is 3.04. The van der Waals surface area contributed by atoms with Crippen molar-refractivity contribution in [2.75, 3.05) is 27.4 Å². The molecule has 1 aromatic heterocycles. The number of methoxy groups -OCH3 is 2. The Morgan fingerprint density at radius 1 is 1.00 bits per heavy atom. The van der Waals surface area contributed by atoms with Crippen LogP contribution in [0.2, 0.25) is 0 Å². The van der Waals surface area contributed by atoms with Gasteiger partial charge in [0, 0.05) is 30.5 Å². The van der Waals surface area contributed by atoms with Gasteiger partial charge in [-0.1, -0.05) is 38.1 Å². The number of carbonyl (C=O) groups excluding carboxylic acids is 5. The molecule has 0 spiro atoms. The normalized spacial score (nSPS) is 15.8. The van der Waals surface area contributed by atoms with Gasteiger partial charge in [0.05, 0.1) is 25.3 Å². The molecule has 0 saturated carbocycles. The Morgan fingerprint density at radius 2 is 1.78 bits per heavy atom. The molecule has 1 saturated heterocycles. The molecule has 1 aliphatic heterocycles. The number of hydrogen-bond donors (Lipinski definition) is 4. The second kappa shape index (κ2) is 15.3. The summed E-state index contributed by atoms with van der Waals surface area (Å²) < 4.78 is 15.9. The minimum absolute atomic E-state index is 0.0201. The van der Waals surface area contributed by atoms with Crippen LogP contribution in [0.5, 0.6) is 5.75 Å². The van der Waals surface area contributed by atoms with Crippen LogP contribution in [0.25, 0.3) is 10.9 Å². The highest BCUT2D eigenvalue weighted by molar-refractivity contribution is 6.02. The van der Waals surface area contributed by atoms with Gasteiger partial charge in [-0.2, -0.15) is 0 Å². The average molecular weight is 621 g/mol. The van der Waals surface area contributed by atoms with E-state index in [1.165, 1.54) is 7.11 Å².